The van der Waals surface area contributed by atoms with Gasteiger partial charge in [-0.3, -0.25) is 4.79 Å². The van der Waals surface area contributed by atoms with Gasteiger partial charge in [0.1, 0.15) is 0 Å². The standard InChI is InChI=1S/C26H30N4O4/c1-15-11-18-13-22(33-3)23(34-4)14-21(18)24(28-30(15)26(32)27-2)16-5-8-19(9-6-16)29-20-10-7-17(12-20)25(29)31/h5-6,8-9,13-15,17,20H,7,10-12H2,1-4H3,(H,27,32)/t15-,17+,20-/m0/s1. The van der Waals surface area contributed by atoms with Crippen molar-refractivity contribution in [3.8, 4) is 11.5 Å². The van der Waals surface area contributed by atoms with Crippen molar-refractivity contribution in [2.24, 2.45) is 11.0 Å². The molecular formula is C26H30N4O4. The highest BCUT2D eigenvalue weighted by atomic mass is 16.5. The average molecular weight is 463 g/mol. The number of hydrogen-bond acceptors (Lipinski definition) is 5. The predicted molar refractivity (Wildman–Crippen MR) is 130 cm³/mol. The zero-order chi connectivity index (χ0) is 24.0. The zero-order valence-electron chi connectivity index (χ0n) is 20.0. The number of piperidine rings is 1. The molecule has 8 nitrogen and oxygen atoms in total. The van der Waals surface area contributed by atoms with Crippen LogP contribution in [-0.2, 0) is 11.2 Å². The van der Waals surface area contributed by atoms with E-state index in [0.717, 1.165) is 41.6 Å². The Labute approximate surface area is 199 Å². The van der Waals surface area contributed by atoms with Gasteiger partial charge in [0.15, 0.2) is 11.5 Å². The second-order valence-corrected chi connectivity index (χ2v) is 9.18. The van der Waals surface area contributed by atoms with Crippen molar-refractivity contribution < 1.29 is 19.1 Å². The van der Waals surface area contributed by atoms with Crippen molar-refractivity contribution >= 4 is 23.3 Å². The van der Waals surface area contributed by atoms with E-state index in [0.29, 0.717) is 29.7 Å². The van der Waals surface area contributed by atoms with Crippen LogP contribution in [-0.4, -0.2) is 56.0 Å². The van der Waals surface area contributed by atoms with E-state index in [1.165, 1.54) is 5.01 Å². The Morgan fingerprint density at radius 3 is 2.41 bits per heavy atom. The van der Waals surface area contributed by atoms with Crippen LogP contribution >= 0.6 is 0 Å². The van der Waals surface area contributed by atoms with Crippen LogP contribution in [0.2, 0.25) is 0 Å². The fourth-order valence-corrected chi connectivity index (χ4v) is 5.46. The Kier molecular flexibility index (Phi) is 5.67. The van der Waals surface area contributed by atoms with Crippen LogP contribution in [0.4, 0.5) is 10.5 Å². The first-order valence-electron chi connectivity index (χ1n) is 11.7. The summed E-state index contributed by atoms with van der Waals surface area (Å²) in [5.41, 5.74) is 4.35. The average Bonchev–Trinajstić information content (AvgIpc) is 3.42. The van der Waals surface area contributed by atoms with E-state index in [1.807, 2.05) is 48.2 Å². The quantitative estimate of drug-likeness (QED) is 0.753. The monoisotopic (exact) mass is 462 g/mol. The lowest BCUT2D eigenvalue weighted by molar-refractivity contribution is -0.121. The minimum absolute atomic E-state index is 0.161. The molecular weight excluding hydrogens is 432 g/mol. The molecule has 2 aromatic rings. The largest absolute Gasteiger partial charge is 0.493 e. The van der Waals surface area contributed by atoms with E-state index < -0.39 is 0 Å². The Morgan fingerprint density at radius 2 is 1.79 bits per heavy atom. The summed E-state index contributed by atoms with van der Waals surface area (Å²) in [6.07, 6.45) is 3.64. The molecule has 8 heteroatoms. The molecule has 178 valence electrons. The maximum Gasteiger partial charge on any atom is 0.337 e. The third-order valence-electron chi connectivity index (χ3n) is 7.20. The van der Waals surface area contributed by atoms with Gasteiger partial charge in [0.2, 0.25) is 5.91 Å². The van der Waals surface area contributed by atoms with Gasteiger partial charge in [-0.1, -0.05) is 12.1 Å². The lowest BCUT2D eigenvalue weighted by Gasteiger charge is -2.27. The number of fused-ring (bicyclic) bond motifs is 3. The molecule has 0 aromatic heterocycles. The number of carbonyl (C=O) groups is 2. The molecule has 5 rings (SSSR count). The summed E-state index contributed by atoms with van der Waals surface area (Å²) in [5, 5.41) is 8.99. The lowest BCUT2D eigenvalue weighted by Crippen LogP contribution is -2.41. The number of methoxy groups -OCH3 is 2. The van der Waals surface area contributed by atoms with Gasteiger partial charge in [-0.25, -0.2) is 9.80 Å². The highest BCUT2D eigenvalue weighted by Gasteiger charge is 2.45. The van der Waals surface area contributed by atoms with Crippen LogP contribution in [0.25, 0.3) is 0 Å². The van der Waals surface area contributed by atoms with Gasteiger partial charge in [-0.15, -0.1) is 0 Å². The number of rotatable bonds is 4. The molecule has 0 radical (unpaired) electrons. The molecule has 1 saturated carbocycles. The summed E-state index contributed by atoms with van der Waals surface area (Å²) in [4.78, 5) is 27.3. The molecule has 3 amide bonds. The van der Waals surface area contributed by atoms with Gasteiger partial charge >= 0.3 is 6.03 Å². The van der Waals surface area contributed by atoms with E-state index in [-0.39, 0.29) is 23.9 Å². The molecule has 1 aliphatic carbocycles. The summed E-state index contributed by atoms with van der Waals surface area (Å²) >= 11 is 0. The summed E-state index contributed by atoms with van der Waals surface area (Å²) < 4.78 is 11.1. The number of hydrogen-bond donors (Lipinski definition) is 1. The van der Waals surface area contributed by atoms with E-state index in [1.54, 1.807) is 21.3 Å². The first kappa shape index (κ1) is 22.3. The van der Waals surface area contributed by atoms with Crippen LogP contribution < -0.4 is 19.7 Å². The number of nitrogens with zero attached hydrogens (tertiary/aromatic N) is 3. The molecule has 2 fully saturated rings. The summed E-state index contributed by atoms with van der Waals surface area (Å²) in [6, 6.07) is 11.7. The normalized spacial score (nSPS) is 23.4. The molecule has 3 atom stereocenters. The second-order valence-electron chi connectivity index (χ2n) is 9.18. The molecule has 1 saturated heterocycles. The molecule has 3 aliphatic rings. The van der Waals surface area contributed by atoms with Gasteiger partial charge in [0.25, 0.3) is 0 Å². The number of ether oxygens (including phenoxy) is 2. The summed E-state index contributed by atoms with van der Waals surface area (Å²) in [6.45, 7) is 1.97. The number of amides is 3. The van der Waals surface area contributed by atoms with Crippen molar-refractivity contribution in [3.05, 3.63) is 53.1 Å². The first-order valence-corrected chi connectivity index (χ1v) is 11.7. The van der Waals surface area contributed by atoms with Crippen LogP contribution in [0.15, 0.2) is 41.5 Å². The van der Waals surface area contributed by atoms with Crippen LogP contribution in [0.3, 0.4) is 0 Å². The molecule has 2 bridgehead atoms. The Bertz CT molecular complexity index is 1160. The smallest absolute Gasteiger partial charge is 0.337 e. The minimum Gasteiger partial charge on any atom is -0.493 e. The van der Waals surface area contributed by atoms with Crippen molar-refractivity contribution in [1.82, 2.24) is 10.3 Å². The topological polar surface area (TPSA) is 83.5 Å². The second kappa shape index (κ2) is 8.66. The van der Waals surface area contributed by atoms with Crippen molar-refractivity contribution in [2.45, 2.75) is 44.7 Å². The van der Waals surface area contributed by atoms with E-state index in [4.69, 9.17) is 14.6 Å². The number of carbonyl (C=O) groups excluding carboxylic acids is 2. The molecule has 34 heavy (non-hydrogen) atoms. The lowest BCUT2D eigenvalue weighted by atomic mass is 9.93. The Hall–Kier alpha value is -3.55. The third-order valence-corrected chi connectivity index (χ3v) is 7.20. The SMILES string of the molecule is CNC(=O)N1N=C(c2ccc(N3C(=O)[C@@H]4CC[C@H]3C4)cc2)c2cc(OC)c(OC)cc2C[C@@H]1C. The number of nitrogens with one attached hydrogen (secondary N) is 1. The number of hydrazone groups is 1. The van der Waals surface area contributed by atoms with Crippen molar-refractivity contribution in [2.75, 3.05) is 26.2 Å². The van der Waals surface area contributed by atoms with E-state index >= 15 is 0 Å². The first-order chi connectivity index (χ1) is 16.4. The number of benzene rings is 2. The summed E-state index contributed by atoms with van der Waals surface area (Å²) in [5.74, 6) is 1.65. The molecule has 2 aliphatic heterocycles. The van der Waals surface area contributed by atoms with E-state index in [9.17, 15) is 9.59 Å². The number of urea groups is 1. The van der Waals surface area contributed by atoms with Gasteiger partial charge in [-0.2, -0.15) is 5.10 Å². The summed E-state index contributed by atoms with van der Waals surface area (Å²) in [7, 11) is 4.82. The molecule has 0 spiro atoms. The fourth-order valence-electron chi connectivity index (χ4n) is 5.46. The van der Waals surface area contributed by atoms with Gasteiger partial charge < -0.3 is 19.7 Å². The minimum atomic E-state index is -0.271. The van der Waals surface area contributed by atoms with E-state index in [2.05, 4.69) is 5.32 Å². The predicted octanol–water partition coefficient (Wildman–Crippen LogP) is 3.56. The third kappa shape index (κ3) is 3.57. The van der Waals surface area contributed by atoms with Gasteiger partial charge in [0, 0.05) is 35.8 Å². The van der Waals surface area contributed by atoms with Crippen LogP contribution in [0.5, 0.6) is 11.5 Å². The highest BCUT2D eigenvalue weighted by molar-refractivity contribution is 6.15. The fraction of sp³-hybridized carbons (Fsp3) is 0.423. The van der Waals surface area contributed by atoms with Gasteiger partial charge in [0.05, 0.1) is 26.0 Å². The number of anilines is 1. The van der Waals surface area contributed by atoms with Crippen molar-refractivity contribution in [3.63, 3.8) is 0 Å². The molecule has 0 unspecified atom stereocenters. The Balaban J connectivity index is 1.59. The maximum absolute atomic E-state index is 12.7. The maximum atomic E-state index is 12.7. The van der Waals surface area contributed by atoms with Crippen LogP contribution in [0, 0.1) is 5.92 Å². The highest BCUT2D eigenvalue weighted by Crippen LogP contribution is 2.41. The molecule has 2 aromatic carbocycles. The zero-order valence-corrected chi connectivity index (χ0v) is 20.0. The molecule has 1 N–H and O–H groups in total. The Morgan fingerprint density at radius 1 is 1.09 bits per heavy atom. The molecule has 2 heterocycles. The van der Waals surface area contributed by atoms with Crippen molar-refractivity contribution in [1.29, 1.82) is 0 Å². The van der Waals surface area contributed by atoms with Gasteiger partial charge in [-0.05, 0) is 62.4 Å². The van der Waals surface area contributed by atoms with Crippen LogP contribution in [0.1, 0.15) is 42.9 Å².